The number of carbonyl (C=O) groups is 1. The molecule has 0 spiro atoms. The molecule has 1 aromatic carbocycles. The van der Waals surface area contributed by atoms with Gasteiger partial charge in [0.25, 0.3) is 5.91 Å². The molecule has 0 radical (unpaired) electrons. The van der Waals surface area contributed by atoms with Crippen molar-refractivity contribution in [2.45, 2.75) is 38.5 Å². The van der Waals surface area contributed by atoms with Crippen molar-refractivity contribution in [1.29, 1.82) is 0 Å². The zero-order chi connectivity index (χ0) is 17.9. The number of amides is 1. The van der Waals surface area contributed by atoms with Crippen LogP contribution >= 0.6 is 0 Å². The van der Waals surface area contributed by atoms with E-state index >= 15 is 0 Å². The third-order valence-corrected chi connectivity index (χ3v) is 5.26. The third-order valence-electron chi connectivity index (χ3n) is 5.26. The first-order valence-electron chi connectivity index (χ1n) is 9.36. The highest BCUT2D eigenvalue weighted by Crippen LogP contribution is 2.27. The van der Waals surface area contributed by atoms with Crippen molar-refractivity contribution in [3.63, 3.8) is 0 Å². The first kappa shape index (κ1) is 17.1. The zero-order valence-electron chi connectivity index (χ0n) is 14.7. The molecule has 5 nitrogen and oxygen atoms in total. The number of nitrogens with zero attached hydrogens (tertiary/aromatic N) is 2. The molecule has 138 valence electrons. The second-order valence-electron chi connectivity index (χ2n) is 7.16. The van der Waals surface area contributed by atoms with Gasteiger partial charge >= 0.3 is 0 Å². The van der Waals surface area contributed by atoms with Gasteiger partial charge in [-0.05, 0) is 56.4 Å². The van der Waals surface area contributed by atoms with Crippen LogP contribution in [0, 0.1) is 11.7 Å². The van der Waals surface area contributed by atoms with Crippen LogP contribution in [0.3, 0.4) is 0 Å². The number of rotatable bonds is 4. The lowest BCUT2D eigenvalue weighted by Gasteiger charge is -2.32. The normalized spacial score (nSPS) is 19.9. The van der Waals surface area contributed by atoms with Crippen molar-refractivity contribution in [3.05, 3.63) is 47.1 Å². The summed E-state index contributed by atoms with van der Waals surface area (Å²) in [4.78, 5) is 14.8. The van der Waals surface area contributed by atoms with Crippen LogP contribution in [-0.2, 0) is 12.8 Å². The highest BCUT2D eigenvalue weighted by molar-refractivity contribution is 5.94. The Bertz CT molecular complexity index is 772. The molecule has 1 aliphatic carbocycles. The second kappa shape index (κ2) is 7.48. The van der Waals surface area contributed by atoms with Crippen molar-refractivity contribution in [1.82, 2.24) is 10.1 Å². The number of ether oxygens (including phenoxy) is 1. The van der Waals surface area contributed by atoms with Crippen molar-refractivity contribution in [2.24, 2.45) is 5.92 Å². The molecule has 1 saturated heterocycles. The molecule has 4 rings (SSSR count). The maximum absolute atomic E-state index is 13.0. The molecule has 6 heteroatoms. The van der Waals surface area contributed by atoms with E-state index in [0.717, 1.165) is 56.4 Å². The quantitative estimate of drug-likeness (QED) is 0.838. The third kappa shape index (κ3) is 3.59. The van der Waals surface area contributed by atoms with E-state index in [-0.39, 0.29) is 17.6 Å². The lowest BCUT2D eigenvalue weighted by atomic mass is 9.95. The molecule has 2 heterocycles. The predicted octanol–water partition coefficient (Wildman–Crippen LogP) is 3.62. The minimum absolute atomic E-state index is 0.0246. The molecular weight excluding hydrogens is 335 g/mol. The summed E-state index contributed by atoms with van der Waals surface area (Å²) in [6.45, 7) is 1.92. The molecule has 2 aliphatic rings. The highest BCUT2D eigenvalue weighted by atomic mass is 19.1. The highest BCUT2D eigenvalue weighted by Gasteiger charge is 2.30. The Hall–Kier alpha value is -2.37. The largest absolute Gasteiger partial charge is 0.493 e. The Morgan fingerprint density at radius 3 is 2.88 bits per heavy atom. The van der Waals surface area contributed by atoms with Gasteiger partial charge in [0.1, 0.15) is 17.3 Å². The number of aromatic nitrogens is 1. The number of aryl methyl sites for hydroxylation is 1. The Balaban J connectivity index is 1.38. The number of fused-ring (bicyclic) bond motifs is 1. The number of likely N-dealkylation sites (tertiary alicyclic amines) is 1. The maximum atomic E-state index is 13.0. The Morgan fingerprint density at radius 2 is 2.04 bits per heavy atom. The van der Waals surface area contributed by atoms with Crippen LogP contribution in [0.15, 0.2) is 28.8 Å². The summed E-state index contributed by atoms with van der Waals surface area (Å²) < 4.78 is 24.1. The number of carbonyl (C=O) groups excluding carboxylic acids is 1. The molecule has 1 atom stereocenters. The molecule has 0 bridgehead atoms. The van der Waals surface area contributed by atoms with E-state index in [0.29, 0.717) is 24.6 Å². The maximum Gasteiger partial charge on any atom is 0.276 e. The van der Waals surface area contributed by atoms with Crippen LogP contribution < -0.4 is 4.74 Å². The average molecular weight is 358 g/mol. The molecule has 2 aromatic rings. The van der Waals surface area contributed by atoms with Crippen LogP contribution in [0.5, 0.6) is 5.75 Å². The molecule has 26 heavy (non-hydrogen) atoms. The van der Waals surface area contributed by atoms with Gasteiger partial charge in [0, 0.05) is 31.0 Å². The zero-order valence-corrected chi connectivity index (χ0v) is 14.7. The number of hydrogen-bond donors (Lipinski definition) is 0. The summed E-state index contributed by atoms with van der Waals surface area (Å²) in [5, 5.41) is 4.07. The molecule has 0 N–H and O–H groups in total. The topological polar surface area (TPSA) is 55.6 Å². The van der Waals surface area contributed by atoms with Gasteiger partial charge in [0.15, 0.2) is 5.69 Å². The van der Waals surface area contributed by atoms with E-state index < -0.39 is 0 Å². The van der Waals surface area contributed by atoms with Crippen LogP contribution in [0.2, 0.25) is 0 Å². The minimum atomic E-state index is -0.275. The second-order valence-corrected chi connectivity index (χ2v) is 7.16. The van der Waals surface area contributed by atoms with E-state index in [4.69, 9.17) is 9.26 Å². The average Bonchev–Trinajstić information content (AvgIpc) is 3.11. The van der Waals surface area contributed by atoms with E-state index in [1.807, 2.05) is 4.90 Å². The molecule has 1 fully saturated rings. The number of hydrogen-bond acceptors (Lipinski definition) is 4. The van der Waals surface area contributed by atoms with Gasteiger partial charge in [-0.25, -0.2) is 4.39 Å². The van der Waals surface area contributed by atoms with Crippen LogP contribution in [-0.4, -0.2) is 35.7 Å². The van der Waals surface area contributed by atoms with Crippen LogP contribution in [0.25, 0.3) is 0 Å². The summed E-state index contributed by atoms with van der Waals surface area (Å²) in [6.07, 6.45) is 5.91. The van der Waals surface area contributed by atoms with Gasteiger partial charge in [-0.1, -0.05) is 5.16 Å². The van der Waals surface area contributed by atoms with Gasteiger partial charge in [0.2, 0.25) is 0 Å². The molecule has 1 aromatic heterocycles. The Morgan fingerprint density at radius 1 is 1.23 bits per heavy atom. The van der Waals surface area contributed by atoms with Crippen LogP contribution in [0.4, 0.5) is 4.39 Å². The van der Waals surface area contributed by atoms with E-state index in [1.54, 1.807) is 12.1 Å². The van der Waals surface area contributed by atoms with Crippen LogP contribution in [0.1, 0.15) is 47.5 Å². The van der Waals surface area contributed by atoms with E-state index in [1.165, 1.54) is 12.1 Å². The fraction of sp³-hybridized carbons (Fsp3) is 0.500. The Kier molecular flexibility index (Phi) is 4.91. The van der Waals surface area contributed by atoms with Gasteiger partial charge in [-0.2, -0.15) is 0 Å². The molecule has 1 aliphatic heterocycles. The van der Waals surface area contributed by atoms with Crippen molar-refractivity contribution < 1.29 is 18.4 Å². The van der Waals surface area contributed by atoms with Gasteiger partial charge in [-0.3, -0.25) is 4.79 Å². The Labute approximate surface area is 152 Å². The first-order chi connectivity index (χ1) is 12.7. The van der Waals surface area contributed by atoms with Gasteiger partial charge < -0.3 is 14.2 Å². The lowest BCUT2D eigenvalue weighted by Crippen LogP contribution is -2.42. The molecule has 1 amide bonds. The standard InChI is InChI=1S/C20H23FN2O3/c21-15-7-9-16(10-8-15)25-13-14-4-3-11-23(12-14)20(24)19-17-5-1-2-6-18(17)26-22-19/h7-10,14H,1-6,11-13H2/t14-/m0/s1. The smallest absolute Gasteiger partial charge is 0.276 e. The van der Waals surface area contributed by atoms with Crippen molar-refractivity contribution >= 4 is 5.91 Å². The summed E-state index contributed by atoms with van der Waals surface area (Å²) in [5.41, 5.74) is 1.51. The van der Waals surface area contributed by atoms with Gasteiger partial charge in [-0.15, -0.1) is 0 Å². The SMILES string of the molecule is O=C(c1noc2c1CCCC2)N1CCC[C@H](COc2ccc(F)cc2)C1. The molecular formula is C20H23FN2O3. The lowest BCUT2D eigenvalue weighted by molar-refractivity contribution is 0.0622. The molecule has 0 saturated carbocycles. The molecule has 0 unspecified atom stereocenters. The van der Waals surface area contributed by atoms with E-state index in [2.05, 4.69) is 5.16 Å². The predicted molar refractivity (Wildman–Crippen MR) is 93.7 cm³/mol. The van der Waals surface area contributed by atoms with E-state index in [9.17, 15) is 9.18 Å². The number of halogens is 1. The van der Waals surface area contributed by atoms with Gasteiger partial charge in [0.05, 0.1) is 6.61 Å². The fourth-order valence-electron chi connectivity index (χ4n) is 3.83. The first-order valence-corrected chi connectivity index (χ1v) is 9.36. The summed E-state index contributed by atoms with van der Waals surface area (Å²) in [7, 11) is 0. The summed E-state index contributed by atoms with van der Waals surface area (Å²) >= 11 is 0. The summed E-state index contributed by atoms with van der Waals surface area (Å²) in [6, 6.07) is 6.03. The number of benzene rings is 1. The minimum Gasteiger partial charge on any atom is -0.493 e. The van der Waals surface area contributed by atoms with Crippen molar-refractivity contribution in [2.75, 3.05) is 19.7 Å². The fourth-order valence-corrected chi connectivity index (χ4v) is 3.83. The number of piperidine rings is 1. The summed E-state index contributed by atoms with van der Waals surface area (Å²) in [5.74, 6) is 1.50. The van der Waals surface area contributed by atoms with Crippen molar-refractivity contribution in [3.8, 4) is 5.75 Å². The monoisotopic (exact) mass is 358 g/mol.